The first-order chi connectivity index (χ1) is 10.2. The van der Waals surface area contributed by atoms with Crippen molar-refractivity contribution in [1.82, 2.24) is 15.0 Å². The molecule has 0 bridgehead atoms. The number of nitrogens with zero attached hydrogens (tertiary/aromatic N) is 3. The molecule has 0 aliphatic rings. The molecule has 0 amide bonds. The van der Waals surface area contributed by atoms with Gasteiger partial charge in [0, 0.05) is 5.56 Å². The number of hydrogen-bond donors (Lipinski definition) is 0. The maximum absolute atomic E-state index is 12.4. The molecule has 4 heteroatoms. The minimum atomic E-state index is -0.0904. The molecule has 0 fully saturated rings. The molecule has 1 heterocycles. The second kappa shape index (κ2) is 5.71. The lowest BCUT2D eigenvalue weighted by atomic mass is 10.0. The number of benzene rings is 2. The predicted molar refractivity (Wildman–Crippen MR) is 80.2 cm³/mol. The molecule has 3 rings (SSSR count). The van der Waals surface area contributed by atoms with Crippen LogP contribution in [-0.4, -0.2) is 20.8 Å². The SMILES string of the molecule is Cc1ccccc1C(=O)c1cn(Cc2ccccc2)nn1. The van der Waals surface area contributed by atoms with Crippen LogP contribution >= 0.6 is 0 Å². The van der Waals surface area contributed by atoms with Crippen molar-refractivity contribution in [1.29, 1.82) is 0 Å². The summed E-state index contributed by atoms with van der Waals surface area (Å²) >= 11 is 0. The summed E-state index contributed by atoms with van der Waals surface area (Å²) in [6.07, 6.45) is 1.70. The third kappa shape index (κ3) is 2.89. The molecule has 2 aromatic carbocycles. The maximum Gasteiger partial charge on any atom is 0.215 e. The Hall–Kier alpha value is -2.75. The molecule has 0 radical (unpaired) electrons. The molecular formula is C17H15N3O. The van der Waals surface area contributed by atoms with Gasteiger partial charge < -0.3 is 0 Å². The van der Waals surface area contributed by atoms with E-state index in [9.17, 15) is 4.79 Å². The minimum absolute atomic E-state index is 0.0904. The third-order valence-corrected chi connectivity index (χ3v) is 3.35. The monoisotopic (exact) mass is 277 g/mol. The molecule has 0 saturated heterocycles. The number of hydrogen-bond acceptors (Lipinski definition) is 3. The lowest BCUT2D eigenvalue weighted by Gasteiger charge is -2.01. The van der Waals surface area contributed by atoms with E-state index in [1.165, 1.54) is 0 Å². The summed E-state index contributed by atoms with van der Waals surface area (Å²) in [5, 5.41) is 8.03. The molecular weight excluding hydrogens is 262 g/mol. The number of carbonyl (C=O) groups is 1. The lowest BCUT2D eigenvalue weighted by Crippen LogP contribution is -2.04. The van der Waals surface area contributed by atoms with E-state index in [0.29, 0.717) is 17.8 Å². The highest BCUT2D eigenvalue weighted by molar-refractivity contribution is 6.08. The van der Waals surface area contributed by atoms with E-state index in [1.807, 2.05) is 61.5 Å². The van der Waals surface area contributed by atoms with Crippen LogP contribution in [0.5, 0.6) is 0 Å². The molecule has 0 saturated carbocycles. The fourth-order valence-corrected chi connectivity index (χ4v) is 2.22. The van der Waals surface area contributed by atoms with Gasteiger partial charge in [0.05, 0.1) is 12.7 Å². The van der Waals surface area contributed by atoms with Crippen molar-refractivity contribution in [2.75, 3.05) is 0 Å². The van der Waals surface area contributed by atoms with Crippen LogP contribution < -0.4 is 0 Å². The van der Waals surface area contributed by atoms with Crippen LogP contribution in [0.25, 0.3) is 0 Å². The topological polar surface area (TPSA) is 47.8 Å². The summed E-state index contributed by atoms with van der Waals surface area (Å²) in [6.45, 7) is 2.52. The van der Waals surface area contributed by atoms with Crippen molar-refractivity contribution in [2.24, 2.45) is 0 Å². The molecule has 0 atom stereocenters. The average molecular weight is 277 g/mol. The average Bonchev–Trinajstić information content (AvgIpc) is 2.97. The zero-order valence-corrected chi connectivity index (χ0v) is 11.7. The Balaban J connectivity index is 1.82. The van der Waals surface area contributed by atoms with Gasteiger partial charge in [-0.25, -0.2) is 4.68 Å². The molecule has 0 spiro atoms. The van der Waals surface area contributed by atoms with E-state index in [0.717, 1.165) is 11.1 Å². The Labute approximate surface area is 123 Å². The first-order valence-electron chi connectivity index (χ1n) is 6.78. The summed E-state index contributed by atoms with van der Waals surface area (Å²) < 4.78 is 1.68. The molecule has 3 aromatic rings. The normalized spacial score (nSPS) is 10.5. The van der Waals surface area contributed by atoms with Crippen molar-refractivity contribution >= 4 is 5.78 Å². The quantitative estimate of drug-likeness (QED) is 0.689. The van der Waals surface area contributed by atoms with Gasteiger partial charge >= 0.3 is 0 Å². The highest BCUT2D eigenvalue weighted by atomic mass is 16.1. The van der Waals surface area contributed by atoms with Crippen molar-refractivity contribution in [3.8, 4) is 0 Å². The Morgan fingerprint density at radius 1 is 1.05 bits per heavy atom. The summed E-state index contributed by atoms with van der Waals surface area (Å²) in [4.78, 5) is 12.4. The maximum atomic E-state index is 12.4. The van der Waals surface area contributed by atoms with Crippen molar-refractivity contribution in [3.05, 3.63) is 83.2 Å². The van der Waals surface area contributed by atoms with E-state index in [4.69, 9.17) is 0 Å². The van der Waals surface area contributed by atoms with Gasteiger partial charge in [-0.05, 0) is 18.1 Å². The van der Waals surface area contributed by atoms with Crippen LogP contribution in [0, 0.1) is 6.92 Å². The van der Waals surface area contributed by atoms with Gasteiger partial charge in [0.1, 0.15) is 0 Å². The molecule has 0 aliphatic heterocycles. The van der Waals surface area contributed by atoms with Crippen LogP contribution in [0.3, 0.4) is 0 Å². The highest BCUT2D eigenvalue weighted by Crippen LogP contribution is 2.12. The first-order valence-corrected chi connectivity index (χ1v) is 6.78. The Bertz CT molecular complexity index is 762. The van der Waals surface area contributed by atoms with Crippen LogP contribution in [0.15, 0.2) is 60.8 Å². The van der Waals surface area contributed by atoms with Crippen LogP contribution in [0.1, 0.15) is 27.2 Å². The van der Waals surface area contributed by atoms with Crippen LogP contribution in [-0.2, 0) is 6.54 Å². The standard InChI is InChI=1S/C17H15N3O/c1-13-7-5-6-10-15(13)17(21)16-12-20(19-18-16)11-14-8-3-2-4-9-14/h2-10,12H,11H2,1H3. The third-order valence-electron chi connectivity index (χ3n) is 3.35. The smallest absolute Gasteiger partial charge is 0.215 e. The Morgan fingerprint density at radius 3 is 2.52 bits per heavy atom. The molecule has 104 valence electrons. The minimum Gasteiger partial charge on any atom is -0.287 e. The Kier molecular flexibility index (Phi) is 3.60. The molecule has 0 N–H and O–H groups in total. The van der Waals surface area contributed by atoms with Gasteiger partial charge in [-0.2, -0.15) is 0 Å². The van der Waals surface area contributed by atoms with E-state index in [-0.39, 0.29) is 5.78 Å². The molecule has 21 heavy (non-hydrogen) atoms. The lowest BCUT2D eigenvalue weighted by molar-refractivity contribution is 0.103. The summed E-state index contributed by atoms with van der Waals surface area (Å²) in [7, 11) is 0. The molecule has 0 unspecified atom stereocenters. The van der Waals surface area contributed by atoms with Gasteiger partial charge in [0.15, 0.2) is 5.69 Å². The van der Waals surface area contributed by atoms with Gasteiger partial charge in [-0.1, -0.05) is 59.8 Å². The van der Waals surface area contributed by atoms with Gasteiger partial charge in [0.2, 0.25) is 5.78 Å². The zero-order valence-electron chi connectivity index (χ0n) is 11.7. The highest BCUT2D eigenvalue weighted by Gasteiger charge is 2.15. The van der Waals surface area contributed by atoms with Gasteiger partial charge in [-0.3, -0.25) is 4.79 Å². The van der Waals surface area contributed by atoms with Crippen LogP contribution in [0.4, 0.5) is 0 Å². The Morgan fingerprint density at radius 2 is 1.76 bits per heavy atom. The van der Waals surface area contributed by atoms with Crippen LogP contribution in [0.2, 0.25) is 0 Å². The van der Waals surface area contributed by atoms with E-state index in [2.05, 4.69) is 10.3 Å². The largest absolute Gasteiger partial charge is 0.287 e. The number of carbonyl (C=O) groups excluding carboxylic acids is 1. The summed E-state index contributed by atoms with van der Waals surface area (Å²) in [5.74, 6) is -0.0904. The number of aryl methyl sites for hydroxylation is 1. The van der Waals surface area contributed by atoms with Crippen molar-refractivity contribution in [2.45, 2.75) is 13.5 Å². The zero-order chi connectivity index (χ0) is 14.7. The predicted octanol–water partition coefficient (Wildman–Crippen LogP) is 2.87. The number of ketones is 1. The van der Waals surface area contributed by atoms with E-state index >= 15 is 0 Å². The van der Waals surface area contributed by atoms with Crippen molar-refractivity contribution in [3.63, 3.8) is 0 Å². The summed E-state index contributed by atoms with van der Waals surface area (Å²) in [5.41, 5.74) is 3.11. The second-order valence-electron chi connectivity index (χ2n) is 4.93. The summed E-state index contributed by atoms with van der Waals surface area (Å²) in [6, 6.07) is 17.5. The molecule has 1 aromatic heterocycles. The fourth-order valence-electron chi connectivity index (χ4n) is 2.22. The van der Waals surface area contributed by atoms with Gasteiger partial charge in [-0.15, -0.1) is 5.10 Å². The van der Waals surface area contributed by atoms with E-state index < -0.39 is 0 Å². The second-order valence-corrected chi connectivity index (χ2v) is 4.93. The van der Waals surface area contributed by atoms with Gasteiger partial charge in [0.25, 0.3) is 0 Å². The van der Waals surface area contributed by atoms with E-state index in [1.54, 1.807) is 10.9 Å². The number of aromatic nitrogens is 3. The molecule has 4 nitrogen and oxygen atoms in total. The number of rotatable bonds is 4. The fraction of sp³-hybridized carbons (Fsp3) is 0.118. The molecule has 0 aliphatic carbocycles. The van der Waals surface area contributed by atoms with Crippen molar-refractivity contribution < 1.29 is 4.79 Å². The first kappa shape index (κ1) is 13.2.